The summed E-state index contributed by atoms with van der Waals surface area (Å²) in [6.07, 6.45) is 4.47. The molecule has 0 bridgehead atoms. The van der Waals surface area contributed by atoms with Crippen molar-refractivity contribution >= 4 is 17.4 Å². The van der Waals surface area contributed by atoms with Crippen LogP contribution in [0.25, 0.3) is 6.08 Å². The van der Waals surface area contributed by atoms with Crippen molar-refractivity contribution in [1.29, 1.82) is 0 Å². The molecule has 4 heteroatoms. The number of hydrogen-bond acceptors (Lipinski definition) is 4. The Kier molecular flexibility index (Phi) is 2.48. The monoisotopic (exact) mass is 181 g/mol. The van der Waals surface area contributed by atoms with E-state index in [1.165, 1.54) is 5.57 Å². The first-order valence-electron chi connectivity index (χ1n) is 4.11. The second kappa shape index (κ2) is 3.78. The lowest BCUT2D eigenvalue weighted by Gasteiger charge is -2.14. The molecule has 0 amide bonds. The van der Waals surface area contributed by atoms with Gasteiger partial charge in [0.15, 0.2) is 0 Å². The highest BCUT2D eigenvalue weighted by Crippen LogP contribution is 2.15. The molecule has 0 aromatic carbocycles. The summed E-state index contributed by atoms with van der Waals surface area (Å²) >= 11 is 1.60. The Balaban J connectivity index is 2.07. The van der Waals surface area contributed by atoms with Crippen LogP contribution in [0.2, 0.25) is 0 Å². The maximum atomic E-state index is 3.98. The van der Waals surface area contributed by atoms with Crippen molar-refractivity contribution in [2.75, 3.05) is 13.1 Å². The minimum Gasteiger partial charge on any atom is -0.316 e. The summed E-state index contributed by atoms with van der Waals surface area (Å²) < 4.78 is 0. The molecular weight excluding hydrogens is 170 g/mol. The molecule has 1 aliphatic rings. The smallest absolute Gasteiger partial charge is 0.140 e. The first-order chi connectivity index (χ1) is 5.95. The molecule has 2 heterocycles. The standard InChI is InChI=1S/C8H11N3S/c1-3-9-4-2-7(1)5-8-11-10-6-12-8/h5-6,9H,1-4H2. The van der Waals surface area contributed by atoms with Crippen LogP contribution < -0.4 is 5.32 Å². The number of nitrogens with zero attached hydrogens (tertiary/aromatic N) is 2. The van der Waals surface area contributed by atoms with E-state index in [1.807, 2.05) is 0 Å². The van der Waals surface area contributed by atoms with Gasteiger partial charge in [-0.3, -0.25) is 0 Å². The van der Waals surface area contributed by atoms with Gasteiger partial charge in [-0.25, -0.2) is 0 Å². The third kappa shape index (κ3) is 1.89. The summed E-state index contributed by atoms with van der Waals surface area (Å²) in [6, 6.07) is 0. The topological polar surface area (TPSA) is 37.8 Å². The molecule has 0 unspecified atom stereocenters. The predicted molar refractivity (Wildman–Crippen MR) is 50.0 cm³/mol. The van der Waals surface area contributed by atoms with Gasteiger partial charge in [0.1, 0.15) is 10.5 Å². The molecule has 0 aliphatic carbocycles. The molecule has 2 rings (SSSR count). The molecule has 1 aliphatic heterocycles. The Bertz CT molecular complexity index is 258. The highest BCUT2D eigenvalue weighted by atomic mass is 32.1. The Labute approximate surface area is 75.5 Å². The molecule has 1 fully saturated rings. The van der Waals surface area contributed by atoms with E-state index in [1.54, 1.807) is 16.8 Å². The number of rotatable bonds is 1. The Morgan fingerprint density at radius 3 is 2.92 bits per heavy atom. The molecule has 1 saturated heterocycles. The summed E-state index contributed by atoms with van der Waals surface area (Å²) in [5.74, 6) is 0. The van der Waals surface area contributed by atoms with Crippen molar-refractivity contribution in [2.45, 2.75) is 12.8 Å². The highest BCUT2D eigenvalue weighted by molar-refractivity contribution is 7.10. The summed E-state index contributed by atoms with van der Waals surface area (Å²) in [6.45, 7) is 2.20. The zero-order valence-corrected chi connectivity index (χ0v) is 7.60. The van der Waals surface area contributed by atoms with Crippen molar-refractivity contribution in [3.63, 3.8) is 0 Å². The molecule has 1 N–H and O–H groups in total. The second-order valence-corrected chi connectivity index (χ2v) is 3.69. The van der Waals surface area contributed by atoms with Crippen molar-refractivity contribution in [3.05, 3.63) is 16.1 Å². The van der Waals surface area contributed by atoms with E-state index in [9.17, 15) is 0 Å². The van der Waals surface area contributed by atoms with Crippen LogP contribution in [0.5, 0.6) is 0 Å². The largest absolute Gasteiger partial charge is 0.316 e. The van der Waals surface area contributed by atoms with E-state index in [2.05, 4.69) is 21.6 Å². The second-order valence-electron chi connectivity index (χ2n) is 2.83. The van der Waals surface area contributed by atoms with E-state index >= 15 is 0 Å². The van der Waals surface area contributed by atoms with E-state index < -0.39 is 0 Å². The minimum atomic E-state index is 1.03. The van der Waals surface area contributed by atoms with Gasteiger partial charge in [0.05, 0.1) is 0 Å². The number of piperidine rings is 1. The average Bonchev–Trinajstić information content (AvgIpc) is 2.59. The maximum Gasteiger partial charge on any atom is 0.140 e. The fourth-order valence-electron chi connectivity index (χ4n) is 1.31. The Hall–Kier alpha value is -0.740. The Morgan fingerprint density at radius 2 is 2.25 bits per heavy atom. The normalized spacial score (nSPS) is 17.8. The molecule has 1 aromatic rings. The van der Waals surface area contributed by atoms with Crippen LogP contribution in [0.4, 0.5) is 0 Å². The number of nitrogens with one attached hydrogen (secondary N) is 1. The lowest BCUT2D eigenvalue weighted by atomic mass is 10.1. The summed E-state index contributed by atoms with van der Waals surface area (Å²) in [7, 11) is 0. The van der Waals surface area contributed by atoms with Crippen LogP contribution in [0.15, 0.2) is 11.1 Å². The van der Waals surface area contributed by atoms with Crippen molar-refractivity contribution in [2.24, 2.45) is 0 Å². The van der Waals surface area contributed by atoms with Gasteiger partial charge in [0.25, 0.3) is 0 Å². The summed E-state index contributed by atoms with van der Waals surface area (Å²) in [5, 5.41) is 12.1. The summed E-state index contributed by atoms with van der Waals surface area (Å²) in [5.41, 5.74) is 3.26. The van der Waals surface area contributed by atoms with Crippen molar-refractivity contribution < 1.29 is 0 Å². The molecule has 64 valence electrons. The molecule has 0 atom stereocenters. The van der Waals surface area contributed by atoms with Crippen LogP contribution in [-0.4, -0.2) is 23.3 Å². The molecule has 0 spiro atoms. The van der Waals surface area contributed by atoms with Gasteiger partial charge in [-0.2, -0.15) is 0 Å². The third-order valence-corrected chi connectivity index (χ3v) is 2.59. The van der Waals surface area contributed by atoms with Gasteiger partial charge < -0.3 is 5.32 Å². The van der Waals surface area contributed by atoms with Gasteiger partial charge in [-0.1, -0.05) is 5.57 Å². The van der Waals surface area contributed by atoms with E-state index in [0.29, 0.717) is 0 Å². The zero-order valence-electron chi connectivity index (χ0n) is 6.79. The number of aromatic nitrogens is 2. The molecule has 3 nitrogen and oxygen atoms in total. The van der Waals surface area contributed by atoms with E-state index in [4.69, 9.17) is 0 Å². The van der Waals surface area contributed by atoms with Crippen LogP contribution in [0.1, 0.15) is 17.8 Å². The van der Waals surface area contributed by atoms with Crippen molar-refractivity contribution in [1.82, 2.24) is 15.5 Å². The third-order valence-electron chi connectivity index (χ3n) is 1.95. The van der Waals surface area contributed by atoms with Gasteiger partial charge in [0.2, 0.25) is 0 Å². The predicted octanol–water partition coefficient (Wildman–Crippen LogP) is 1.30. The summed E-state index contributed by atoms with van der Waals surface area (Å²) in [4.78, 5) is 0. The fraction of sp³-hybridized carbons (Fsp3) is 0.500. The number of hydrogen-bond donors (Lipinski definition) is 1. The molecule has 12 heavy (non-hydrogen) atoms. The molecule has 0 saturated carbocycles. The van der Waals surface area contributed by atoms with Gasteiger partial charge >= 0.3 is 0 Å². The fourth-order valence-corrected chi connectivity index (χ4v) is 1.84. The maximum absolute atomic E-state index is 3.98. The van der Waals surface area contributed by atoms with Crippen LogP contribution in [0.3, 0.4) is 0 Å². The van der Waals surface area contributed by atoms with E-state index in [-0.39, 0.29) is 0 Å². The average molecular weight is 181 g/mol. The first-order valence-corrected chi connectivity index (χ1v) is 4.99. The van der Waals surface area contributed by atoms with Crippen LogP contribution in [0, 0.1) is 0 Å². The zero-order chi connectivity index (χ0) is 8.23. The van der Waals surface area contributed by atoms with Crippen LogP contribution >= 0.6 is 11.3 Å². The lowest BCUT2D eigenvalue weighted by Crippen LogP contribution is -2.22. The van der Waals surface area contributed by atoms with Crippen LogP contribution in [-0.2, 0) is 0 Å². The Morgan fingerprint density at radius 1 is 1.42 bits per heavy atom. The van der Waals surface area contributed by atoms with Gasteiger partial charge in [-0.05, 0) is 32.0 Å². The highest BCUT2D eigenvalue weighted by Gasteiger charge is 2.04. The quantitative estimate of drug-likeness (QED) is 0.709. The SMILES string of the molecule is C(=C1CCNCC1)c1nncs1. The lowest BCUT2D eigenvalue weighted by molar-refractivity contribution is 0.613. The molecule has 0 radical (unpaired) electrons. The molecule has 1 aromatic heterocycles. The van der Waals surface area contributed by atoms with E-state index in [0.717, 1.165) is 30.9 Å². The minimum absolute atomic E-state index is 1.03. The first kappa shape index (κ1) is 7.89. The van der Waals surface area contributed by atoms with Crippen molar-refractivity contribution in [3.8, 4) is 0 Å². The van der Waals surface area contributed by atoms with Gasteiger partial charge in [0, 0.05) is 0 Å². The molecular formula is C8H11N3S. The van der Waals surface area contributed by atoms with Gasteiger partial charge in [-0.15, -0.1) is 21.5 Å².